The molecule has 52 valence electrons. The standard InChI is InChI=1S/C4H8N2O2S/c1-3-4(2)6-9(5,7)8/h1,4,6H,2H3,(H2,5,7,8). The zero-order valence-corrected chi connectivity index (χ0v) is 5.77. The summed E-state index contributed by atoms with van der Waals surface area (Å²) in [6.07, 6.45) is 4.85. The topological polar surface area (TPSA) is 72.2 Å². The lowest BCUT2D eigenvalue weighted by Crippen LogP contribution is -2.36. The first-order valence-electron chi connectivity index (χ1n) is 2.22. The summed E-state index contributed by atoms with van der Waals surface area (Å²) in [5.74, 6) is 2.15. The Labute approximate surface area is 54.6 Å². The van der Waals surface area contributed by atoms with Crippen molar-refractivity contribution in [2.45, 2.75) is 13.0 Å². The van der Waals surface area contributed by atoms with E-state index in [1.54, 1.807) is 0 Å². The van der Waals surface area contributed by atoms with E-state index < -0.39 is 16.3 Å². The molecule has 0 aromatic heterocycles. The Balaban J connectivity index is 3.94. The Hall–Kier alpha value is -0.570. The van der Waals surface area contributed by atoms with Gasteiger partial charge in [0, 0.05) is 0 Å². The van der Waals surface area contributed by atoms with Gasteiger partial charge < -0.3 is 0 Å². The number of nitrogens with two attached hydrogens (primary N) is 1. The van der Waals surface area contributed by atoms with Crippen molar-refractivity contribution in [1.29, 1.82) is 0 Å². The van der Waals surface area contributed by atoms with Crippen LogP contribution in [0.4, 0.5) is 0 Å². The normalized spacial score (nSPS) is 14.3. The van der Waals surface area contributed by atoms with Gasteiger partial charge in [-0.1, -0.05) is 5.92 Å². The lowest BCUT2D eigenvalue weighted by molar-refractivity contribution is 0.579. The Morgan fingerprint density at radius 2 is 2.22 bits per heavy atom. The van der Waals surface area contributed by atoms with Crippen LogP contribution in [0, 0.1) is 12.3 Å². The summed E-state index contributed by atoms with van der Waals surface area (Å²) in [6.45, 7) is 1.52. The van der Waals surface area contributed by atoms with Gasteiger partial charge >= 0.3 is 0 Å². The lowest BCUT2D eigenvalue weighted by Gasteiger charge is -2.01. The highest BCUT2D eigenvalue weighted by molar-refractivity contribution is 7.87. The molecule has 1 unspecified atom stereocenters. The predicted octanol–water partition coefficient (Wildman–Crippen LogP) is -1.20. The third-order valence-electron chi connectivity index (χ3n) is 0.591. The Morgan fingerprint density at radius 3 is 2.33 bits per heavy atom. The molecule has 0 spiro atoms. The minimum absolute atomic E-state index is 0.542. The van der Waals surface area contributed by atoms with Crippen molar-refractivity contribution < 1.29 is 8.42 Å². The molecule has 0 aliphatic carbocycles. The van der Waals surface area contributed by atoms with Gasteiger partial charge in [-0.25, -0.2) is 5.14 Å². The molecule has 0 saturated heterocycles. The number of hydrogen-bond acceptors (Lipinski definition) is 2. The van der Waals surface area contributed by atoms with Gasteiger partial charge in [0.2, 0.25) is 0 Å². The average molecular weight is 148 g/mol. The van der Waals surface area contributed by atoms with E-state index in [0.717, 1.165) is 0 Å². The molecule has 0 saturated carbocycles. The summed E-state index contributed by atoms with van der Waals surface area (Å²) in [5, 5.41) is 4.58. The van der Waals surface area contributed by atoms with Gasteiger partial charge in [-0.2, -0.15) is 13.1 Å². The Morgan fingerprint density at radius 1 is 1.78 bits per heavy atom. The van der Waals surface area contributed by atoms with E-state index in [1.807, 2.05) is 4.72 Å². The first-order chi connectivity index (χ1) is 3.95. The van der Waals surface area contributed by atoms with E-state index in [2.05, 4.69) is 11.1 Å². The van der Waals surface area contributed by atoms with E-state index in [1.165, 1.54) is 6.92 Å². The second-order valence-corrected chi connectivity index (χ2v) is 2.88. The third-order valence-corrected chi connectivity index (χ3v) is 1.27. The number of hydrogen-bond donors (Lipinski definition) is 2. The number of terminal acetylenes is 1. The summed E-state index contributed by atoms with van der Waals surface area (Å²) in [6, 6.07) is -0.542. The van der Waals surface area contributed by atoms with Gasteiger partial charge in [0.15, 0.2) is 0 Å². The van der Waals surface area contributed by atoms with Crippen LogP contribution in [-0.2, 0) is 10.2 Å². The molecule has 5 heteroatoms. The predicted molar refractivity (Wildman–Crippen MR) is 34.5 cm³/mol. The summed E-state index contributed by atoms with van der Waals surface area (Å²) in [7, 11) is -3.63. The Bertz CT molecular complexity index is 213. The van der Waals surface area contributed by atoms with Crippen LogP contribution in [0.2, 0.25) is 0 Å². The van der Waals surface area contributed by atoms with Crippen molar-refractivity contribution in [3.8, 4) is 12.3 Å². The highest BCUT2D eigenvalue weighted by Crippen LogP contribution is 1.77. The summed E-state index contributed by atoms with van der Waals surface area (Å²) >= 11 is 0. The van der Waals surface area contributed by atoms with E-state index in [-0.39, 0.29) is 0 Å². The van der Waals surface area contributed by atoms with Crippen LogP contribution in [0.3, 0.4) is 0 Å². The average Bonchev–Trinajstić information content (AvgIpc) is 1.62. The second kappa shape index (κ2) is 2.82. The van der Waals surface area contributed by atoms with E-state index in [0.29, 0.717) is 0 Å². The molecule has 0 radical (unpaired) electrons. The molecule has 0 rings (SSSR count). The fourth-order valence-corrected chi connectivity index (χ4v) is 0.841. The molecule has 0 fully saturated rings. The maximum Gasteiger partial charge on any atom is 0.275 e. The minimum atomic E-state index is -3.63. The van der Waals surface area contributed by atoms with Gasteiger partial charge in [0.25, 0.3) is 10.2 Å². The van der Waals surface area contributed by atoms with Crippen LogP contribution in [0.1, 0.15) is 6.92 Å². The van der Waals surface area contributed by atoms with Crippen molar-refractivity contribution in [2.75, 3.05) is 0 Å². The molecule has 0 aliphatic heterocycles. The van der Waals surface area contributed by atoms with Crippen LogP contribution >= 0.6 is 0 Å². The first-order valence-corrected chi connectivity index (χ1v) is 3.76. The second-order valence-electron chi connectivity index (χ2n) is 1.55. The number of nitrogens with one attached hydrogen (secondary N) is 1. The zero-order valence-electron chi connectivity index (χ0n) is 4.96. The molecule has 0 amide bonds. The quantitative estimate of drug-likeness (QED) is 0.483. The molecular weight excluding hydrogens is 140 g/mol. The smallest absolute Gasteiger partial charge is 0.216 e. The van der Waals surface area contributed by atoms with Gasteiger partial charge in [0.1, 0.15) is 0 Å². The molecule has 4 nitrogen and oxygen atoms in total. The van der Waals surface area contributed by atoms with Crippen LogP contribution in [-0.4, -0.2) is 14.5 Å². The van der Waals surface area contributed by atoms with Crippen molar-refractivity contribution in [3.05, 3.63) is 0 Å². The van der Waals surface area contributed by atoms with Crippen molar-refractivity contribution in [1.82, 2.24) is 4.72 Å². The van der Waals surface area contributed by atoms with Crippen LogP contribution in [0.15, 0.2) is 0 Å². The fraction of sp³-hybridized carbons (Fsp3) is 0.500. The highest BCUT2D eigenvalue weighted by atomic mass is 32.2. The first kappa shape index (κ1) is 8.43. The molecule has 3 N–H and O–H groups in total. The zero-order chi connectivity index (χ0) is 7.49. The molecule has 0 aromatic rings. The maximum atomic E-state index is 10.2. The molecule has 0 bridgehead atoms. The van der Waals surface area contributed by atoms with Gasteiger partial charge in [-0.05, 0) is 6.92 Å². The van der Waals surface area contributed by atoms with Crippen molar-refractivity contribution >= 4 is 10.2 Å². The minimum Gasteiger partial charge on any atom is -0.216 e. The van der Waals surface area contributed by atoms with Crippen molar-refractivity contribution in [3.63, 3.8) is 0 Å². The van der Waals surface area contributed by atoms with Gasteiger partial charge in [0.05, 0.1) is 6.04 Å². The number of rotatable bonds is 2. The summed E-state index contributed by atoms with van der Waals surface area (Å²) in [4.78, 5) is 0. The largest absolute Gasteiger partial charge is 0.275 e. The van der Waals surface area contributed by atoms with Crippen LogP contribution < -0.4 is 9.86 Å². The molecule has 0 heterocycles. The lowest BCUT2D eigenvalue weighted by atomic mass is 10.4. The monoisotopic (exact) mass is 148 g/mol. The molecular formula is C4H8N2O2S. The maximum absolute atomic E-state index is 10.2. The van der Waals surface area contributed by atoms with Gasteiger partial charge in [-0.15, -0.1) is 6.42 Å². The highest BCUT2D eigenvalue weighted by Gasteiger charge is 2.03. The van der Waals surface area contributed by atoms with Crippen molar-refractivity contribution in [2.24, 2.45) is 5.14 Å². The molecule has 0 aliphatic rings. The Kier molecular flexibility index (Phi) is 2.65. The van der Waals surface area contributed by atoms with E-state index >= 15 is 0 Å². The van der Waals surface area contributed by atoms with E-state index in [9.17, 15) is 8.42 Å². The third kappa shape index (κ3) is 5.30. The van der Waals surface area contributed by atoms with Crippen LogP contribution in [0.25, 0.3) is 0 Å². The fourth-order valence-electron chi connectivity index (χ4n) is 0.280. The molecule has 9 heavy (non-hydrogen) atoms. The molecule has 1 atom stereocenters. The summed E-state index contributed by atoms with van der Waals surface area (Å²) < 4.78 is 22.3. The SMILES string of the molecule is C#CC(C)NS(N)(=O)=O. The van der Waals surface area contributed by atoms with E-state index in [4.69, 9.17) is 6.42 Å². The summed E-state index contributed by atoms with van der Waals surface area (Å²) in [5.41, 5.74) is 0. The van der Waals surface area contributed by atoms with Gasteiger partial charge in [-0.3, -0.25) is 0 Å². The molecule has 0 aromatic carbocycles. The van der Waals surface area contributed by atoms with Crippen LogP contribution in [0.5, 0.6) is 0 Å².